The van der Waals surface area contributed by atoms with Crippen LogP contribution in [0.15, 0.2) is 41.6 Å². The van der Waals surface area contributed by atoms with Gasteiger partial charge in [-0.1, -0.05) is 17.7 Å². The van der Waals surface area contributed by atoms with Crippen LogP contribution in [-0.2, 0) is 31.1 Å². The average Bonchev–Trinajstić information content (AvgIpc) is 3.36. The van der Waals surface area contributed by atoms with Crippen LogP contribution in [0.4, 0.5) is 18.9 Å². The molecule has 202 valence electrons. The van der Waals surface area contributed by atoms with Gasteiger partial charge in [0.15, 0.2) is 5.69 Å². The molecule has 1 aliphatic rings. The Morgan fingerprint density at radius 1 is 1.21 bits per heavy atom. The summed E-state index contributed by atoms with van der Waals surface area (Å²) in [5.41, 5.74) is -0.193. The van der Waals surface area contributed by atoms with E-state index in [1.165, 1.54) is 35.4 Å². The van der Waals surface area contributed by atoms with Crippen molar-refractivity contribution in [1.82, 2.24) is 29.9 Å². The number of hydrogen-bond donors (Lipinski definition) is 2. The Bertz CT molecular complexity index is 1320. The van der Waals surface area contributed by atoms with Crippen LogP contribution in [0.2, 0.25) is 0 Å². The number of carbonyl (C=O) groups is 2. The number of aryl methyl sites for hydroxylation is 1. The first-order chi connectivity index (χ1) is 18.3. The number of nitrogens with zero attached hydrogens (tertiary/aromatic N) is 5. The summed E-state index contributed by atoms with van der Waals surface area (Å²) >= 11 is 0. The van der Waals surface area contributed by atoms with E-state index in [1.807, 2.05) is 0 Å². The normalized spacial score (nSPS) is 14.1. The lowest BCUT2D eigenvalue weighted by molar-refractivity contribution is -0.117. The Morgan fingerprint density at radius 3 is 2.71 bits per heavy atom. The van der Waals surface area contributed by atoms with Crippen LogP contribution >= 0.6 is 0 Å². The summed E-state index contributed by atoms with van der Waals surface area (Å²) in [7, 11) is 0. The molecule has 1 fully saturated rings. The number of nitrogens with one attached hydrogen (secondary N) is 2. The molecule has 0 aromatic carbocycles. The zero-order valence-corrected chi connectivity index (χ0v) is 20.6. The maximum absolute atomic E-state index is 14.6. The fourth-order valence-electron chi connectivity index (χ4n) is 3.96. The van der Waals surface area contributed by atoms with E-state index < -0.39 is 30.1 Å². The number of pyridine rings is 2. The Morgan fingerprint density at radius 2 is 2.03 bits per heavy atom. The van der Waals surface area contributed by atoms with Crippen LogP contribution in [0.1, 0.15) is 53.8 Å². The minimum Gasteiger partial charge on any atom is -0.346 e. The van der Waals surface area contributed by atoms with Crippen molar-refractivity contribution >= 4 is 17.5 Å². The van der Waals surface area contributed by atoms with E-state index in [2.05, 4.69) is 25.9 Å². The molecule has 4 rings (SSSR count). The van der Waals surface area contributed by atoms with Gasteiger partial charge in [0.25, 0.3) is 11.5 Å². The molecule has 3 aromatic rings. The Balaban J connectivity index is 1.24. The van der Waals surface area contributed by atoms with Crippen molar-refractivity contribution in [3.63, 3.8) is 0 Å². The molecule has 3 heterocycles. The van der Waals surface area contributed by atoms with E-state index in [1.54, 1.807) is 6.07 Å². The van der Waals surface area contributed by atoms with Crippen LogP contribution in [0.3, 0.4) is 0 Å². The lowest BCUT2D eigenvalue weighted by Crippen LogP contribution is -2.27. The zero-order chi connectivity index (χ0) is 27.1. The van der Waals surface area contributed by atoms with Crippen molar-refractivity contribution in [2.75, 3.05) is 5.32 Å². The van der Waals surface area contributed by atoms with E-state index in [4.69, 9.17) is 0 Å². The van der Waals surface area contributed by atoms with E-state index in [0.717, 1.165) is 23.8 Å². The molecular weight excluding hydrogens is 503 g/mol. The number of carbonyl (C=O) groups excluding carboxylic acids is 2. The fraction of sp³-hybridized carbons (Fsp3) is 0.440. The Labute approximate surface area is 216 Å². The first-order valence-electron chi connectivity index (χ1n) is 12.3. The summed E-state index contributed by atoms with van der Waals surface area (Å²) in [6, 6.07) is 4.45. The number of amides is 2. The molecule has 1 atom stereocenters. The third-order valence-electron chi connectivity index (χ3n) is 6.39. The second kappa shape index (κ2) is 12.5. The number of hydrogen-bond acceptors (Lipinski definition) is 6. The van der Waals surface area contributed by atoms with Gasteiger partial charge < -0.3 is 15.2 Å². The molecule has 1 unspecified atom stereocenters. The molecule has 1 saturated carbocycles. The molecule has 2 N–H and O–H groups in total. The quantitative estimate of drug-likeness (QED) is 0.371. The van der Waals surface area contributed by atoms with Crippen molar-refractivity contribution in [3.8, 4) is 0 Å². The Hall–Kier alpha value is -4.03. The number of rotatable bonds is 12. The van der Waals surface area contributed by atoms with Crippen molar-refractivity contribution in [1.29, 1.82) is 0 Å². The summed E-state index contributed by atoms with van der Waals surface area (Å²) in [5, 5.41) is 12.6. The van der Waals surface area contributed by atoms with Crippen molar-refractivity contribution in [2.45, 2.75) is 64.6 Å². The zero-order valence-electron chi connectivity index (χ0n) is 20.6. The van der Waals surface area contributed by atoms with Gasteiger partial charge in [0, 0.05) is 31.9 Å². The molecule has 38 heavy (non-hydrogen) atoms. The molecule has 1 aliphatic carbocycles. The first-order valence-corrected chi connectivity index (χ1v) is 12.3. The van der Waals surface area contributed by atoms with Crippen LogP contribution in [0.5, 0.6) is 0 Å². The molecule has 0 radical (unpaired) electrons. The summed E-state index contributed by atoms with van der Waals surface area (Å²) in [4.78, 5) is 40.5. The summed E-state index contributed by atoms with van der Waals surface area (Å²) < 4.78 is 43.8. The second-order valence-corrected chi connectivity index (χ2v) is 9.28. The van der Waals surface area contributed by atoms with Crippen molar-refractivity contribution in [2.24, 2.45) is 5.92 Å². The van der Waals surface area contributed by atoms with Crippen LogP contribution < -0.4 is 16.2 Å². The highest BCUT2D eigenvalue weighted by Gasteiger charge is 2.22. The third-order valence-corrected chi connectivity index (χ3v) is 6.39. The van der Waals surface area contributed by atoms with Gasteiger partial charge in [-0.25, -0.2) is 13.5 Å². The largest absolute Gasteiger partial charge is 0.346 e. The summed E-state index contributed by atoms with van der Waals surface area (Å²) in [6.45, 7) is -0.845. The third kappa shape index (κ3) is 7.05. The minimum atomic E-state index is -1.45. The predicted octanol–water partition coefficient (Wildman–Crippen LogP) is 2.93. The molecule has 0 aliphatic heterocycles. The van der Waals surface area contributed by atoms with Crippen LogP contribution in [-0.4, -0.2) is 42.5 Å². The molecule has 0 bridgehead atoms. The maximum atomic E-state index is 14.6. The number of anilines is 1. The van der Waals surface area contributed by atoms with E-state index in [0.29, 0.717) is 23.6 Å². The number of alkyl halides is 2. The molecule has 2 amide bonds. The van der Waals surface area contributed by atoms with Gasteiger partial charge in [-0.2, -0.15) is 4.39 Å². The van der Waals surface area contributed by atoms with Gasteiger partial charge >= 0.3 is 0 Å². The highest BCUT2D eigenvalue weighted by molar-refractivity contribution is 5.92. The topological polar surface area (TPSA) is 124 Å². The summed E-state index contributed by atoms with van der Waals surface area (Å²) in [6.07, 6.45) is 5.82. The minimum absolute atomic E-state index is 0.0150. The first kappa shape index (κ1) is 27.0. The highest BCUT2D eigenvalue weighted by Crippen LogP contribution is 2.29. The standard InChI is InChI=1S/C25H28F3N7O3/c26-11-19-5-4-17(12-29-19)13-30-24(37)21-15-35(33-32-21)14-18(27)6-8-34-9-7-20(23(28)25(34)38)31-22(36)10-16-2-1-3-16/h4-5,7,9,12,15-16,18H,1-3,6,8,10-11,13-14H2,(H,30,37)(H,31,36). The van der Waals surface area contributed by atoms with Gasteiger partial charge in [-0.05, 0) is 42.9 Å². The number of aromatic nitrogens is 5. The van der Waals surface area contributed by atoms with Gasteiger partial charge in [0.2, 0.25) is 11.7 Å². The van der Waals surface area contributed by atoms with Crippen molar-refractivity contribution in [3.05, 3.63) is 69.9 Å². The molecule has 10 nitrogen and oxygen atoms in total. The molecule has 3 aromatic heterocycles. The van der Waals surface area contributed by atoms with Crippen LogP contribution in [0, 0.1) is 11.7 Å². The second-order valence-electron chi connectivity index (χ2n) is 9.28. The highest BCUT2D eigenvalue weighted by atomic mass is 19.1. The van der Waals surface area contributed by atoms with E-state index in [-0.39, 0.29) is 43.3 Å². The fourth-order valence-corrected chi connectivity index (χ4v) is 3.96. The Kier molecular flexibility index (Phi) is 8.87. The van der Waals surface area contributed by atoms with E-state index >= 15 is 0 Å². The smallest absolute Gasteiger partial charge is 0.288 e. The monoisotopic (exact) mass is 531 g/mol. The maximum Gasteiger partial charge on any atom is 0.288 e. The van der Waals surface area contributed by atoms with Gasteiger partial charge in [-0.15, -0.1) is 5.10 Å². The van der Waals surface area contributed by atoms with Gasteiger partial charge in [-0.3, -0.25) is 19.4 Å². The van der Waals surface area contributed by atoms with Gasteiger partial charge in [0.1, 0.15) is 12.8 Å². The molecule has 0 spiro atoms. The van der Waals surface area contributed by atoms with E-state index in [9.17, 15) is 27.6 Å². The van der Waals surface area contributed by atoms with Gasteiger partial charge in [0.05, 0.1) is 24.1 Å². The SMILES string of the molecule is O=C(CC1CCC1)Nc1ccn(CCC(F)Cn2cc(C(=O)NCc3ccc(CF)nc3)nn2)c(=O)c1F. The number of halogens is 3. The summed E-state index contributed by atoms with van der Waals surface area (Å²) in [5.74, 6) is -1.64. The van der Waals surface area contributed by atoms with Crippen molar-refractivity contribution < 1.29 is 22.8 Å². The predicted molar refractivity (Wildman–Crippen MR) is 131 cm³/mol. The van der Waals surface area contributed by atoms with Crippen LogP contribution in [0.25, 0.3) is 0 Å². The molecule has 13 heteroatoms. The lowest BCUT2D eigenvalue weighted by Gasteiger charge is -2.24. The molecule has 0 saturated heterocycles. The lowest BCUT2D eigenvalue weighted by atomic mass is 9.83. The molecular formula is C25H28F3N7O3. The average molecular weight is 532 g/mol.